The molecule has 0 fully saturated rings. The first-order valence-electron chi connectivity index (χ1n) is 7.48. The van der Waals surface area contributed by atoms with Gasteiger partial charge in [0.2, 0.25) is 5.95 Å². The van der Waals surface area contributed by atoms with Gasteiger partial charge in [-0.2, -0.15) is 0 Å². The summed E-state index contributed by atoms with van der Waals surface area (Å²) in [5.74, 6) is -0.259. The van der Waals surface area contributed by atoms with Crippen LogP contribution in [0.1, 0.15) is 15.9 Å². The third-order valence-electron chi connectivity index (χ3n) is 3.40. The summed E-state index contributed by atoms with van der Waals surface area (Å²) >= 11 is 6.01. The van der Waals surface area contributed by atoms with E-state index in [4.69, 9.17) is 11.6 Å². The van der Waals surface area contributed by atoms with Crippen LogP contribution in [0.15, 0.2) is 60.9 Å². The molecule has 0 unspecified atom stereocenters. The number of hydrogen-bond donors (Lipinski definition) is 2. The third-order valence-corrected chi connectivity index (χ3v) is 3.73. The lowest BCUT2D eigenvalue weighted by molar-refractivity contribution is 0.102. The van der Waals surface area contributed by atoms with Crippen LogP contribution in [0.25, 0.3) is 0 Å². The SMILES string of the molecule is O=C(Nc1ccccc1Cl)c1cnc(NCc2ccc(F)cc2)nc1. The van der Waals surface area contributed by atoms with Gasteiger partial charge in [-0.05, 0) is 29.8 Å². The first kappa shape index (κ1) is 16.9. The summed E-state index contributed by atoms with van der Waals surface area (Å²) in [6, 6.07) is 13.1. The van der Waals surface area contributed by atoms with Crippen molar-refractivity contribution >= 4 is 29.1 Å². The standard InChI is InChI=1S/C18H14ClFN4O/c19-15-3-1-2-4-16(15)24-17(25)13-10-22-18(23-11-13)21-9-12-5-7-14(20)8-6-12/h1-8,10-11H,9H2,(H,24,25)(H,21,22,23). The lowest BCUT2D eigenvalue weighted by atomic mass is 10.2. The van der Waals surface area contributed by atoms with E-state index < -0.39 is 0 Å². The van der Waals surface area contributed by atoms with Crippen LogP contribution in [0, 0.1) is 5.82 Å². The predicted octanol–water partition coefficient (Wildman–Crippen LogP) is 4.13. The topological polar surface area (TPSA) is 66.9 Å². The Bertz CT molecular complexity index is 869. The van der Waals surface area contributed by atoms with E-state index in [1.54, 1.807) is 36.4 Å². The molecule has 0 atom stereocenters. The zero-order valence-electron chi connectivity index (χ0n) is 13.0. The van der Waals surface area contributed by atoms with Gasteiger partial charge in [0, 0.05) is 18.9 Å². The van der Waals surface area contributed by atoms with Crippen LogP contribution in [0.4, 0.5) is 16.0 Å². The van der Waals surface area contributed by atoms with E-state index in [1.807, 2.05) is 0 Å². The van der Waals surface area contributed by atoms with Crippen LogP contribution in [-0.2, 0) is 6.54 Å². The summed E-state index contributed by atoms with van der Waals surface area (Å²) in [5, 5.41) is 6.16. The van der Waals surface area contributed by atoms with Gasteiger partial charge >= 0.3 is 0 Å². The van der Waals surface area contributed by atoms with Crippen molar-refractivity contribution in [3.63, 3.8) is 0 Å². The van der Waals surface area contributed by atoms with E-state index in [0.717, 1.165) is 5.56 Å². The van der Waals surface area contributed by atoms with Crippen LogP contribution >= 0.6 is 11.6 Å². The first-order chi connectivity index (χ1) is 12.1. The molecule has 0 spiro atoms. The number of nitrogens with zero attached hydrogens (tertiary/aromatic N) is 2. The van der Waals surface area contributed by atoms with E-state index in [0.29, 0.717) is 28.8 Å². The molecule has 0 bridgehead atoms. The third kappa shape index (κ3) is 4.51. The van der Waals surface area contributed by atoms with Gasteiger partial charge in [0.05, 0.1) is 16.3 Å². The normalized spacial score (nSPS) is 10.3. The number of aromatic nitrogens is 2. The number of benzene rings is 2. The van der Waals surface area contributed by atoms with Gasteiger partial charge in [0.1, 0.15) is 5.82 Å². The molecule has 3 rings (SSSR count). The summed E-state index contributed by atoms with van der Waals surface area (Å²) in [7, 11) is 0. The number of anilines is 2. The van der Waals surface area contributed by atoms with E-state index in [2.05, 4.69) is 20.6 Å². The van der Waals surface area contributed by atoms with Gasteiger partial charge < -0.3 is 10.6 Å². The fraction of sp³-hybridized carbons (Fsp3) is 0.0556. The minimum absolute atomic E-state index is 0.283. The Morgan fingerprint density at radius 2 is 1.72 bits per heavy atom. The van der Waals surface area contributed by atoms with Crippen molar-refractivity contribution in [1.29, 1.82) is 0 Å². The Morgan fingerprint density at radius 3 is 2.40 bits per heavy atom. The number of halogens is 2. The number of amides is 1. The Hall–Kier alpha value is -2.99. The first-order valence-corrected chi connectivity index (χ1v) is 7.86. The van der Waals surface area contributed by atoms with Crippen LogP contribution in [-0.4, -0.2) is 15.9 Å². The summed E-state index contributed by atoms with van der Waals surface area (Å²) < 4.78 is 12.9. The highest BCUT2D eigenvalue weighted by Crippen LogP contribution is 2.21. The number of carbonyl (C=O) groups excluding carboxylic acids is 1. The van der Waals surface area contributed by atoms with E-state index in [1.165, 1.54) is 24.5 Å². The maximum absolute atomic E-state index is 12.9. The summed E-state index contributed by atoms with van der Waals surface area (Å²) in [6.07, 6.45) is 2.85. The minimum Gasteiger partial charge on any atom is -0.350 e. The van der Waals surface area contributed by atoms with E-state index >= 15 is 0 Å². The number of nitrogens with one attached hydrogen (secondary N) is 2. The van der Waals surface area contributed by atoms with Gasteiger partial charge in [-0.1, -0.05) is 35.9 Å². The molecular formula is C18H14ClFN4O. The van der Waals surface area contributed by atoms with Crippen LogP contribution in [0.3, 0.4) is 0 Å². The Morgan fingerprint density at radius 1 is 1.04 bits per heavy atom. The Balaban J connectivity index is 1.60. The molecular weight excluding hydrogens is 343 g/mol. The largest absolute Gasteiger partial charge is 0.350 e. The Kier molecular flexibility index (Phi) is 5.20. The lowest BCUT2D eigenvalue weighted by Gasteiger charge is -2.08. The van der Waals surface area contributed by atoms with Gasteiger partial charge in [0.25, 0.3) is 5.91 Å². The molecule has 0 aliphatic heterocycles. The molecule has 7 heteroatoms. The predicted molar refractivity (Wildman–Crippen MR) is 95.2 cm³/mol. The number of rotatable bonds is 5. The molecule has 1 heterocycles. The van der Waals surface area contributed by atoms with Crippen molar-refractivity contribution in [3.05, 3.63) is 82.9 Å². The molecule has 0 saturated carbocycles. The zero-order valence-corrected chi connectivity index (χ0v) is 13.8. The molecule has 2 N–H and O–H groups in total. The van der Waals surface area contributed by atoms with E-state index in [-0.39, 0.29) is 11.7 Å². The number of para-hydroxylation sites is 1. The molecule has 1 aromatic heterocycles. The van der Waals surface area contributed by atoms with Crippen LogP contribution in [0.2, 0.25) is 5.02 Å². The van der Waals surface area contributed by atoms with Crippen LogP contribution < -0.4 is 10.6 Å². The van der Waals surface area contributed by atoms with Crippen molar-refractivity contribution in [3.8, 4) is 0 Å². The highest BCUT2D eigenvalue weighted by atomic mass is 35.5. The van der Waals surface area contributed by atoms with Gasteiger partial charge in [-0.15, -0.1) is 0 Å². The fourth-order valence-corrected chi connectivity index (χ4v) is 2.26. The molecule has 2 aromatic carbocycles. The second kappa shape index (κ2) is 7.72. The smallest absolute Gasteiger partial charge is 0.258 e. The molecule has 5 nitrogen and oxygen atoms in total. The highest BCUT2D eigenvalue weighted by Gasteiger charge is 2.09. The van der Waals surface area contributed by atoms with Gasteiger partial charge in [-0.3, -0.25) is 4.79 Å². The van der Waals surface area contributed by atoms with Gasteiger partial charge in [0.15, 0.2) is 0 Å². The molecule has 1 amide bonds. The van der Waals surface area contributed by atoms with Crippen molar-refractivity contribution in [2.75, 3.05) is 10.6 Å². The van der Waals surface area contributed by atoms with Crippen molar-refractivity contribution in [2.45, 2.75) is 6.54 Å². The highest BCUT2D eigenvalue weighted by molar-refractivity contribution is 6.33. The van der Waals surface area contributed by atoms with E-state index in [9.17, 15) is 9.18 Å². The minimum atomic E-state index is -0.349. The monoisotopic (exact) mass is 356 g/mol. The maximum Gasteiger partial charge on any atom is 0.258 e. The second-order valence-corrected chi connectivity index (χ2v) is 5.62. The van der Waals surface area contributed by atoms with Crippen LogP contribution in [0.5, 0.6) is 0 Å². The second-order valence-electron chi connectivity index (χ2n) is 5.21. The molecule has 3 aromatic rings. The molecule has 25 heavy (non-hydrogen) atoms. The average molecular weight is 357 g/mol. The van der Waals surface area contributed by atoms with Crippen molar-refractivity contribution in [2.24, 2.45) is 0 Å². The average Bonchev–Trinajstić information content (AvgIpc) is 2.63. The number of hydrogen-bond acceptors (Lipinski definition) is 4. The van der Waals surface area contributed by atoms with Crippen molar-refractivity contribution in [1.82, 2.24) is 9.97 Å². The molecule has 0 aliphatic rings. The summed E-state index contributed by atoms with van der Waals surface area (Å²) in [4.78, 5) is 20.4. The van der Waals surface area contributed by atoms with Crippen molar-refractivity contribution < 1.29 is 9.18 Å². The maximum atomic E-state index is 12.9. The Labute approximate surface area is 148 Å². The lowest BCUT2D eigenvalue weighted by Crippen LogP contribution is -2.13. The molecule has 0 radical (unpaired) electrons. The number of carbonyl (C=O) groups is 1. The quantitative estimate of drug-likeness (QED) is 0.721. The van der Waals surface area contributed by atoms with Gasteiger partial charge in [-0.25, -0.2) is 14.4 Å². The fourth-order valence-electron chi connectivity index (χ4n) is 2.08. The molecule has 0 aliphatic carbocycles. The molecule has 126 valence electrons. The summed E-state index contributed by atoms with van der Waals surface area (Å²) in [5.41, 5.74) is 1.73. The zero-order chi connectivity index (χ0) is 17.6. The molecule has 0 saturated heterocycles. The summed E-state index contributed by atoms with van der Waals surface area (Å²) in [6.45, 7) is 0.450.